The molecule has 1 aromatic rings. The minimum absolute atomic E-state index is 0.0511. The lowest BCUT2D eigenvalue weighted by atomic mass is 9.95. The van der Waals surface area contributed by atoms with E-state index in [1.54, 1.807) is 6.08 Å². The van der Waals surface area contributed by atoms with Crippen molar-refractivity contribution < 1.29 is 9.90 Å². The minimum atomic E-state index is -0.285. The molecule has 0 fully saturated rings. The van der Waals surface area contributed by atoms with E-state index in [1.807, 2.05) is 26.0 Å². The number of hydrogen-bond donors (Lipinski definition) is 2. The summed E-state index contributed by atoms with van der Waals surface area (Å²) in [6, 6.07) is 8.12. The molecule has 0 aliphatic heterocycles. The van der Waals surface area contributed by atoms with Gasteiger partial charge in [0.15, 0.2) is 0 Å². The van der Waals surface area contributed by atoms with Crippen LogP contribution in [0, 0.1) is 5.41 Å². The van der Waals surface area contributed by atoms with E-state index in [1.165, 1.54) is 11.6 Å². The van der Waals surface area contributed by atoms with Gasteiger partial charge in [-0.15, -0.1) is 0 Å². The highest BCUT2D eigenvalue weighted by Crippen LogP contribution is 2.11. The van der Waals surface area contributed by atoms with Crippen LogP contribution < -0.4 is 5.32 Å². The van der Waals surface area contributed by atoms with Gasteiger partial charge in [-0.05, 0) is 23.6 Å². The third kappa shape index (κ3) is 5.71. The molecule has 0 aromatic heterocycles. The molecule has 0 spiro atoms. The first-order chi connectivity index (χ1) is 8.96. The lowest BCUT2D eigenvalue weighted by molar-refractivity contribution is -0.116. The summed E-state index contributed by atoms with van der Waals surface area (Å²) in [6.07, 6.45) is 4.33. The van der Waals surface area contributed by atoms with Gasteiger partial charge in [0, 0.05) is 24.6 Å². The van der Waals surface area contributed by atoms with Crippen molar-refractivity contribution in [3.05, 3.63) is 41.5 Å². The van der Waals surface area contributed by atoms with E-state index in [0.717, 1.165) is 12.0 Å². The maximum absolute atomic E-state index is 11.6. The molecule has 1 rings (SSSR count). The van der Waals surface area contributed by atoms with E-state index in [9.17, 15) is 4.79 Å². The van der Waals surface area contributed by atoms with Crippen molar-refractivity contribution in [2.75, 3.05) is 13.2 Å². The Morgan fingerprint density at radius 2 is 1.95 bits per heavy atom. The third-order valence-corrected chi connectivity index (χ3v) is 2.98. The highest BCUT2D eigenvalue weighted by Gasteiger charge is 2.16. The van der Waals surface area contributed by atoms with Gasteiger partial charge in [0.1, 0.15) is 0 Å². The normalized spacial score (nSPS) is 11.8. The smallest absolute Gasteiger partial charge is 0.244 e. The fraction of sp³-hybridized carbons (Fsp3) is 0.438. The van der Waals surface area contributed by atoms with Crippen LogP contribution in [-0.2, 0) is 11.2 Å². The predicted octanol–water partition coefficient (Wildman–Crippen LogP) is 2.40. The van der Waals surface area contributed by atoms with Crippen molar-refractivity contribution in [1.29, 1.82) is 0 Å². The average molecular weight is 261 g/mol. The van der Waals surface area contributed by atoms with Crippen LogP contribution >= 0.6 is 0 Å². The lowest BCUT2D eigenvalue weighted by Gasteiger charge is -2.21. The van der Waals surface area contributed by atoms with Crippen molar-refractivity contribution in [2.24, 2.45) is 5.41 Å². The Morgan fingerprint density at radius 3 is 2.47 bits per heavy atom. The van der Waals surface area contributed by atoms with Gasteiger partial charge in [-0.2, -0.15) is 0 Å². The van der Waals surface area contributed by atoms with Crippen molar-refractivity contribution in [1.82, 2.24) is 5.32 Å². The molecular formula is C16H23NO2. The number of aliphatic hydroxyl groups is 1. The van der Waals surface area contributed by atoms with Gasteiger partial charge in [0.2, 0.25) is 5.91 Å². The van der Waals surface area contributed by atoms with Crippen LogP contribution in [0.25, 0.3) is 6.08 Å². The fourth-order valence-corrected chi connectivity index (χ4v) is 1.48. The van der Waals surface area contributed by atoms with Crippen LogP contribution in [0.15, 0.2) is 30.3 Å². The number of aliphatic hydroxyl groups excluding tert-OH is 1. The van der Waals surface area contributed by atoms with Crippen molar-refractivity contribution in [2.45, 2.75) is 27.2 Å². The number of rotatable bonds is 6. The average Bonchev–Trinajstić information content (AvgIpc) is 2.43. The van der Waals surface area contributed by atoms with Gasteiger partial charge in [-0.3, -0.25) is 4.79 Å². The minimum Gasteiger partial charge on any atom is -0.396 e. The molecule has 0 aliphatic rings. The van der Waals surface area contributed by atoms with Crippen LogP contribution in [0.3, 0.4) is 0 Å². The Bertz CT molecular complexity index is 433. The van der Waals surface area contributed by atoms with E-state index in [4.69, 9.17) is 5.11 Å². The first kappa shape index (κ1) is 15.4. The highest BCUT2D eigenvalue weighted by molar-refractivity contribution is 5.91. The summed E-state index contributed by atoms with van der Waals surface area (Å²) in [7, 11) is 0. The van der Waals surface area contributed by atoms with E-state index in [-0.39, 0.29) is 17.9 Å². The van der Waals surface area contributed by atoms with Gasteiger partial charge >= 0.3 is 0 Å². The van der Waals surface area contributed by atoms with Gasteiger partial charge in [-0.1, -0.05) is 45.0 Å². The van der Waals surface area contributed by atoms with E-state index in [0.29, 0.717) is 6.54 Å². The number of benzene rings is 1. The molecule has 104 valence electrons. The second-order valence-electron chi connectivity index (χ2n) is 5.47. The van der Waals surface area contributed by atoms with Crippen molar-refractivity contribution in [3.63, 3.8) is 0 Å². The standard InChI is InChI=1S/C16H23NO2/c1-4-13-5-7-14(8-6-13)9-10-15(19)17-11-16(2,3)12-18/h5-10,18H,4,11-12H2,1-3H3,(H,17,19)/b10-9+. The third-order valence-electron chi connectivity index (χ3n) is 2.98. The summed E-state index contributed by atoms with van der Waals surface area (Å²) in [5.74, 6) is -0.138. The van der Waals surface area contributed by atoms with Gasteiger partial charge in [0.05, 0.1) is 0 Å². The lowest BCUT2D eigenvalue weighted by Crippen LogP contribution is -2.35. The summed E-state index contributed by atoms with van der Waals surface area (Å²) < 4.78 is 0. The molecule has 1 aromatic carbocycles. The molecule has 3 heteroatoms. The summed E-state index contributed by atoms with van der Waals surface area (Å²) >= 11 is 0. The topological polar surface area (TPSA) is 49.3 Å². The van der Waals surface area contributed by atoms with Crippen molar-refractivity contribution in [3.8, 4) is 0 Å². The summed E-state index contributed by atoms with van der Waals surface area (Å²) in [6.45, 7) is 6.43. The quantitative estimate of drug-likeness (QED) is 0.773. The Labute approximate surface area is 115 Å². The highest BCUT2D eigenvalue weighted by atomic mass is 16.3. The number of hydrogen-bond acceptors (Lipinski definition) is 2. The molecule has 3 nitrogen and oxygen atoms in total. The molecule has 0 bridgehead atoms. The van der Waals surface area contributed by atoms with Gasteiger partial charge in [0.25, 0.3) is 0 Å². The number of nitrogens with one attached hydrogen (secondary N) is 1. The van der Waals surface area contributed by atoms with E-state index < -0.39 is 0 Å². The van der Waals surface area contributed by atoms with E-state index >= 15 is 0 Å². The monoisotopic (exact) mass is 261 g/mol. The SMILES string of the molecule is CCc1ccc(/C=C/C(=O)NCC(C)(C)CO)cc1. The second kappa shape index (κ2) is 7.10. The summed E-state index contributed by atoms with van der Waals surface area (Å²) in [5.41, 5.74) is 2.01. The number of carbonyl (C=O) groups excluding carboxylic acids is 1. The number of carbonyl (C=O) groups is 1. The molecule has 0 saturated heterocycles. The van der Waals surface area contributed by atoms with Crippen LogP contribution in [0.5, 0.6) is 0 Å². The number of aryl methyl sites for hydroxylation is 1. The summed E-state index contributed by atoms with van der Waals surface area (Å²) in [5, 5.41) is 11.9. The fourth-order valence-electron chi connectivity index (χ4n) is 1.48. The Morgan fingerprint density at radius 1 is 1.32 bits per heavy atom. The molecule has 0 saturated carbocycles. The molecule has 0 atom stereocenters. The molecule has 19 heavy (non-hydrogen) atoms. The first-order valence-corrected chi connectivity index (χ1v) is 6.62. The molecular weight excluding hydrogens is 238 g/mol. The largest absolute Gasteiger partial charge is 0.396 e. The molecule has 0 aliphatic carbocycles. The number of amides is 1. The van der Waals surface area contributed by atoms with Crippen LogP contribution in [0.2, 0.25) is 0 Å². The Kier molecular flexibility index (Phi) is 5.77. The zero-order valence-electron chi connectivity index (χ0n) is 11.9. The second-order valence-corrected chi connectivity index (χ2v) is 5.47. The zero-order chi connectivity index (χ0) is 14.3. The van der Waals surface area contributed by atoms with E-state index in [2.05, 4.69) is 24.4 Å². The molecule has 0 radical (unpaired) electrons. The Balaban J connectivity index is 2.49. The molecule has 0 unspecified atom stereocenters. The predicted molar refractivity (Wildman–Crippen MR) is 78.7 cm³/mol. The Hall–Kier alpha value is -1.61. The maximum Gasteiger partial charge on any atom is 0.244 e. The molecule has 2 N–H and O–H groups in total. The zero-order valence-corrected chi connectivity index (χ0v) is 11.9. The van der Waals surface area contributed by atoms with Crippen LogP contribution in [-0.4, -0.2) is 24.2 Å². The summed E-state index contributed by atoms with van der Waals surface area (Å²) in [4.78, 5) is 11.6. The molecule has 1 amide bonds. The first-order valence-electron chi connectivity index (χ1n) is 6.62. The maximum atomic E-state index is 11.6. The van der Waals surface area contributed by atoms with Crippen LogP contribution in [0.4, 0.5) is 0 Å². The van der Waals surface area contributed by atoms with Crippen molar-refractivity contribution >= 4 is 12.0 Å². The van der Waals surface area contributed by atoms with Gasteiger partial charge in [-0.25, -0.2) is 0 Å². The van der Waals surface area contributed by atoms with Crippen LogP contribution in [0.1, 0.15) is 31.9 Å². The van der Waals surface area contributed by atoms with Gasteiger partial charge < -0.3 is 10.4 Å². The molecule has 0 heterocycles.